The summed E-state index contributed by atoms with van der Waals surface area (Å²) in [5.74, 6) is 1.18. The fourth-order valence-corrected chi connectivity index (χ4v) is 3.31. The van der Waals surface area contributed by atoms with Crippen molar-refractivity contribution >= 4 is 23.5 Å². The maximum absolute atomic E-state index is 12.3. The predicted molar refractivity (Wildman–Crippen MR) is 112 cm³/mol. The Balaban J connectivity index is 1.54. The van der Waals surface area contributed by atoms with Gasteiger partial charge in [-0.2, -0.15) is 0 Å². The summed E-state index contributed by atoms with van der Waals surface area (Å²) in [5.41, 5.74) is 1.87. The number of Topliss-reactive ketones (excluding diaryl/α,β-unsaturated/α-hetero) is 1. The lowest BCUT2D eigenvalue weighted by atomic mass is 10.0. The van der Waals surface area contributed by atoms with E-state index < -0.39 is 6.04 Å². The number of nitrogens with zero attached hydrogens (tertiary/aromatic N) is 2. The zero-order valence-corrected chi connectivity index (χ0v) is 17.0. The van der Waals surface area contributed by atoms with Crippen molar-refractivity contribution < 1.29 is 14.3 Å². The van der Waals surface area contributed by atoms with Gasteiger partial charge in [0.2, 0.25) is 11.1 Å². The van der Waals surface area contributed by atoms with Crippen LogP contribution in [0.15, 0.2) is 59.8 Å². The molecule has 0 fully saturated rings. The number of nitrogens with one attached hydrogen (secondary N) is 2. The molecule has 1 atom stereocenters. The van der Waals surface area contributed by atoms with E-state index in [1.807, 2.05) is 54.6 Å². The second kappa shape index (κ2) is 9.88. The number of aromatic amines is 1. The van der Waals surface area contributed by atoms with Crippen molar-refractivity contribution in [2.24, 2.45) is 0 Å². The Labute approximate surface area is 173 Å². The largest absolute Gasteiger partial charge is 0.497 e. The molecule has 0 aliphatic rings. The van der Waals surface area contributed by atoms with Gasteiger partial charge in [0.1, 0.15) is 5.75 Å². The second-order valence-corrected chi connectivity index (χ2v) is 7.35. The van der Waals surface area contributed by atoms with E-state index in [1.54, 1.807) is 7.11 Å². The summed E-state index contributed by atoms with van der Waals surface area (Å²) in [6, 6.07) is 16.5. The van der Waals surface area contributed by atoms with Crippen molar-refractivity contribution in [2.75, 3.05) is 12.9 Å². The number of hydrogen-bond donors (Lipinski definition) is 2. The van der Waals surface area contributed by atoms with Gasteiger partial charge in [-0.3, -0.25) is 14.7 Å². The molecule has 29 heavy (non-hydrogen) atoms. The summed E-state index contributed by atoms with van der Waals surface area (Å²) in [6.45, 7) is 1.48. The topological polar surface area (TPSA) is 97.0 Å². The van der Waals surface area contributed by atoms with Crippen molar-refractivity contribution in [3.05, 3.63) is 60.2 Å². The fraction of sp³-hybridized carbons (Fsp3) is 0.238. The van der Waals surface area contributed by atoms with Gasteiger partial charge in [0.25, 0.3) is 0 Å². The van der Waals surface area contributed by atoms with E-state index >= 15 is 0 Å². The molecule has 150 valence electrons. The molecular formula is C21H22N4O3S. The molecule has 0 saturated carbocycles. The van der Waals surface area contributed by atoms with Gasteiger partial charge in [-0.15, -0.1) is 5.10 Å². The molecule has 0 bridgehead atoms. The number of benzene rings is 2. The van der Waals surface area contributed by atoms with Crippen LogP contribution in [0.5, 0.6) is 5.75 Å². The zero-order chi connectivity index (χ0) is 20.6. The highest BCUT2D eigenvalue weighted by atomic mass is 32.2. The highest BCUT2D eigenvalue weighted by Gasteiger charge is 2.18. The molecular weight excluding hydrogens is 388 g/mol. The maximum Gasteiger partial charge on any atom is 0.231 e. The van der Waals surface area contributed by atoms with E-state index in [9.17, 15) is 9.59 Å². The highest BCUT2D eigenvalue weighted by molar-refractivity contribution is 7.99. The standard InChI is InChI=1S/C21H22N4O3S/c1-14(26)18(12-15-6-4-3-5-7-15)22-19(27)13-29-21-23-20(24-25-21)16-8-10-17(28-2)11-9-16/h3-11,18H,12-13H2,1-2H3,(H,22,27)(H,23,24,25)/t18-/m0/s1. The van der Waals surface area contributed by atoms with Gasteiger partial charge in [0.15, 0.2) is 11.6 Å². The van der Waals surface area contributed by atoms with Gasteiger partial charge in [-0.1, -0.05) is 42.1 Å². The number of rotatable bonds is 9. The normalized spacial score (nSPS) is 11.7. The highest BCUT2D eigenvalue weighted by Crippen LogP contribution is 2.21. The lowest BCUT2D eigenvalue weighted by Gasteiger charge is -2.15. The van der Waals surface area contributed by atoms with Crippen LogP contribution in [0.1, 0.15) is 12.5 Å². The summed E-state index contributed by atoms with van der Waals surface area (Å²) in [5, 5.41) is 10.3. The van der Waals surface area contributed by atoms with Crippen LogP contribution in [-0.4, -0.2) is 45.8 Å². The molecule has 0 aliphatic carbocycles. The average molecular weight is 410 g/mol. The van der Waals surface area contributed by atoms with Gasteiger partial charge < -0.3 is 10.1 Å². The number of ketones is 1. The SMILES string of the molecule is COc1ccc(-c2nc(SCC(=O)N[C@@H](Cc3ccccc3)C(C)=O)n[nH]2)cc1. The van der Waals surface area contributed by atoms with Crippen LogP contribution in [0.2, 0.25) is 0 Å². The number of carbonyl (C=O) groups is 2. The smallest absolute Gasteiger partial charge is 0.231 e. The van der Waals surface area contributed by atoms with E-state index in [-0.39, 0.29) is 17.4 Å². The molecule has 0 aliphatic heterocycles. The third kappa shape index (κ3) is 5.92. The Morgan fingerprint density at radius 1 is 1.14 bits per heavy atom. The Morgan fingerprint density at radius 2 is 1.86 bits per heavy atom. The van der Waals surface area contributed by atoms with Crippen LogP contribution in [0, 0.1) is 0 Å². The molecule has 0 unspecified atom stereocenters. The monoisotopic (exact) mass is 410 g/mol. The number of methoxy groups -OCH3 is 1. The molecule has 0 spiro atoms. The average Bonchev–Trinajstić information content (AvgIpc) is 3.21. The first kappa shape index (κ1) is 20.6. The summed E-state index contributed by atoms with van der Waals surface area (Å²) >= 11 is 1.21. The third-order valence-corrected chi connectivity index (χ3v) is 5.12. The van der Waals surface area contributed by atoms with E-state index in [0.29, 0.717) is 17.4 Å². The predicted octanol–water partition coefficient (Wildman–Crippen LogP) is 2.89. The summed E-state index contributed by atoms with van der Waals surface area (Å²) in [6.07, 6.45) is 0.467. The fourth-order valence-electron chi connectivity index (χ4n) is 2.70. The van der Waals surface area contributed by atoms with E-state index in [0.717, 1.165) is 16.9 Å². The number of aromatic nitrogens is 3. The molecule has 1 amide bonds. The number of hydrogen-bond acceptors (Lipinski definition) is 6. The number of amides is 1. The summed E-state index contributed by atoms with van der Waals surface area (Å²) in [4.78, 5) is 28.6. The van der Waals surface area contributed by atoms with Crippen molar-refractivity contribution in [2.45, 2.75) is 24.5 Å². The van der Waals surface area contributed by atoms with Crippen molar-refractivity contribution in [1.82, 2.24) is 20.5 Å². The molecule has 1 aromatic heterocycles. The third-order valence-electron chi connectivity index (χ3n) is 4.27. The summed E-state index contributed by atoms with van der Waals surface area (Å²) < 4.78 is 5.14. The first-order chi connectivity index (χ1) is 14.0. The van der Waals surface area contributed by atoms with Crippen LogP contribution in [-0.2, 0) is 16.0 Å². The number of H-pyrrole nitrogens is 1. The molecule has 3 aromatic rings. The molecule has 2 aromatic carbocycles. The molecule has 3 rings (SSSR count). The lowest BCUT2D eigenvalue weighted by molar-refractivity contribution is -0.125. The van der Waals surface area contributed by atoms with Crippen molar-refractivity contribution in [1.29, 1.82) is 0 Å². The maximum atomic E-state index is 12.3. The number of thioether (sulfide) groups is 1. The minimum Gasteiger partial charge on any atom is -0.497 e. The van der Waals surface area contributed by atoms with Gasteiger partial charge in [-0.05, 0) is 43.2 Å². The molecule has 0 saturated heterocycles. The van der Waals surface area contributed by atoms with Gasteiger partial charge >= 0.3 is 0 Å². The van der Waals surface area contributed by atoms with Gasteiger partial charge in [0.05, 0.1) is 18.9 Å². The van der Waals surface area contributed by atoms with Crippen molar-refractivity contribution in [3.8, 4) is 17.1 Å². The molecule has 2 N–H and O–H groups in total. The van der Waals surface area contributed by atoms with E-state index in [1.165, 1.54) is 18.7 Å². The Morgan fingerprint density at radius 3 is 2.52 bits per heavy atom. The Hall–Kier alpha value is -3.13. The van der Waals surface area contributed by atoms with Crippen LogP contribution in [0.3, 0.4) is 0 Å². The molecule has 0 radical (unpaired) electrons. The van der Waals surface area contributed by atoms with Crippen LogP contribution in [0.25, 0.3) is 11.4 Å². The molecule has 7 nitrogen and oxygen atoms in total. The van der Waals surface area contributed by atoms with Crippen molar-refractivity contribution in [3.63, 3.8) is 0 Å². The van der Waals surface area contributed by atoms with E-state index in [4.69, 9.17) is 4.74 Å². The second-order valence-electron chi connectivity index (χ2n) is 6.40. The quantitative estimate of drug-likeness (QED) is 0.527. The Kier molecular flexibility index (Phi) is 7.02. The van der Waals surface area contributed by atoms with Gasteiger partial charge in [0, 0.05) is 5.56 Å². The molecule has 1 heterocycles. The minimum atomic E-state index is -0.549. The number of carbonyl (C=O) groups excluding carboxylic acids is 2. The van der Waals surface area contributed by atoms with E-state index in [2.05, 4.69) is 20.5 Å². The zero-order valence-electron chi connectivity index (χ0n) is 16.2. The van der Waals surface area contributed by atoms with Crippen LogP contribution >= 0.6 is 11.8 Å². The lowest BCUT2D eigenvalue weighted by Crippen LogP contribution is -2.42. The number of ether oxygens (including phenoxy) is 1. The summed E-state index contributed by atoms with van der Waals surface area (Å²) in [7, 11) is 1.61. The first-order valence-corrected chi connectivity index (χ1v) is 10.1. The molecule has 8 heteroatoms. The Bertz CT molecular complexity index is 958. The van der Waals surface area contributed by atoms with Gasteiger partial charge in [-0.25, -0.2) is 4.98 Å². The van der Waals surface area contributed by atoms with Crippen LogP contribution < -0.4 is 10.1 Å². The minimum absolute atomic E-state index is 0.0770. The van der Waals surface area contributed by atoms with Crippen LogP contribution in [0.4, 0.5) is 0 Å². The first-order valence-electron chi connectivity index (χ1n) is 9.08.